The molecular weight excluding hydrogens is 407 g/mol. The normalized spacial score (nSPS) is 15.4. The van der Waals surface area contributed by atoms with Crippen LogP contribution in [0, 0.1) is 0 Å². The highest BCUT2D eigenvalue weighted by atomic mass is 19.4. The second-order valence-corrected chi connectivity index (χ2v) is 7.60. The third-order valence-corrected chi connectivity index (χ3v) is 5.28. The lowest BCUT2D eigenvalue weighted by molar-refractivity contribution is -0.137. The van der Waals surface area contributed by atoms with Gasteiger partial charge >= 0.3 is 6.18 Å². The third kappa shape index (κ3) is 6.30. The molecule has 2 aromatic rings. The van der Waals surface area contributed by atoms with Gasteiger partial charge in [0.25, 0.3) is 5.91 Å². The maximum absolute atomic E-state index is 12.9. The lowest BCUT2D eigenvalue weighted by Gasteiger charge is -2.22. The van der Waals surface area contributed by atoms with Gasteiger partial charge in [0, 0.05) is 50.4 Å². The van der Waals surface area contributed by atoms with E-state index in [1.54, 1.807) is 36.1 Å². The zero-order chi connectivity index (χ0) is 22.4. The van der Waals surface area contributed by atoms with Gasteiger partial charge in [0.05, 0.1) is 5.56 Å². The van der Waals surface area contributed by atoms with Crippen molar-refractivity contribution in [3.8, 4) is 0 Å². The second kappa shape index (κ2) is 9.96. The molecule has 0 aliphatic carbocycles. The number of nitrogens with one attached hydrogen (secondary N) is 1. The molecule has 31 heavy (non-hydrogen) atoms. The highest BCUT2D eigenvalue weighted by Crippen LogP contribution is 2.29. The Bertz CT molecular complexity index is 913. The van der Waals surface area contributed by atoms with Gasteiger partial charge < -0.3 is 10.2 Å². The zero-order valence-electron chi connectivity index (χ0n) is 17.4. The number of hydrogen-bond acceptors (Lipinski definition) is 3. The summed E-state index contributed by atoms with van der Waals surface area (Å²) in [6, 6.07) is 12.1. The number of alkyl halides is 3. The van der Waals surface area contributed by atoms with Crippen LogP contribution < -0.4 is 5.32 Å². The summed E-state index contributed by atoms with van der Waals surface area (Å²) in [6.07, 6.45) is -3.20. The third-order valence-electron chi connectivity index (χ3n) is 5.28. The Morgan fingerprint density at radius 2 is 1.74 bits per heavy atom. The van der Waals surface area contributed by atoms with E-state index < -0.39 is 11.7 Å². The summed E-state index contributed by atoms with van der Waals surface area (Å²) in [5.41, 5.74) is 1.27. The topological polar surface area (TPSA) is 52.7 Å². The second-order valence-electron chi connectivity index (χ2n) is 7.60. The van der Waals surface area contributed by atoms with Crippen LogP contribution in [0.4, 0.5) is 18.9 Å². The van der Waals surface area contributed by atoms with E-state index in [9.17, 15) is 22.8 Å². The van der Waals surface area contributed by atoms with Gasteiger partial charge in [0.15, 0.2) is 0 Å². The van der Waals surface area contributed by atoms with Gasteiger partial charge in [0.2, 0.25) is 5.91 Å². The van der Waals surface area contributed by atoms with Crippen LogP contribution in [0.3, 0.4) is 0 Å². The number of halogens is 3. The van der Waals surface area contributed by atoms with E-state index >= 15 is 0 Å². The van der Waals surface area contributed by atoms with Crippen molar-refractivity contribution < 1.29 is 22.8 Å². The molecule has 0 aromatic heterocycles. The van der Waals surface area contributed by atoms with E-state index in [1.807, 2.05) is 0 Å². The predicted molar refractivity (Wildman–Crippen MR) is 113 cm³/mol. The van der Waals surface area contributed by atoms with E-state index in [2.05, 4.69) is 10.2 Å². The Morgan fingerprint density at radius 1 is 1.00 bits per heavy atom. The van der Waals surface area contributed by atoms with Crippen LogP contribution in [-0.2, 0) is 17.5 Å². The molecular formula is C23H26F3N3O2. The standard InChI is InChI=1S/C23H26F3N3O2/c1-2-21(30)27-20-6-3-5-18(15-20)22(31)29-12-4-11-28(13-14-29)16-17-7-9-19(10-8-17)23(24,25)26/h3,5-10,15H,2,4,11-14,16H2,1H3,(H,27,30). The van der Waals surface area contributed by atoms with E-state index in [0.717, 1.165) is 30.7 Å². The summed E-state index contributed by atoms with van der Waals surface area (Å²) in [6.45, 7) is 4.84. The molecule has 1 saturated heterocycles. The first-order chi connectivity index (χ1) is 14.8. The van der Waals surface area contributed by atoms with E-state index in [4.69, 9.17) is 0 Å². The molecule has 1 aliphatic rings. The number of hydrogen-bond donors (Lipinski definition) is 1. The Kier molecular flexibility index (Phi) is 7.33. The number of anilines is 1. The Labute approximate surface area is 179 Å². The molecule has 8 heteroatoms. The first-order valence-corrected chi connectivity index (χ1v) is 10.3. The first-order valence-electron chi connectivity index (χ1n) is 10.3. The minimum Gasteiger partial charge on any atom is -0.337 e. The van der Waals surface area contributed by atoms with E-state index in [0.29, 0.717) is 43.9 Å². The summed E-state index contributed by atoms with van der Waals surface area (Å²) < 4.78 is 38.2. The first kappa shape index (κ1) is 22.8. The molecule has 5 nitrogen and oxygen atoms in total. The minimum absolute atomic E-state index is 0.0935. The summed E-state index contributed by atoms with van der Waals surface area (Å²) >= 11 is 0. The highest BCUT2D eigenvalue weighted by molar-refractivity contribution is 5.97. The van der Waals surface area contributed by atoms with Crippen LogP contribution in [0.1, 0.15) is 41.3 Å². The lowest BCUT2D eigenvalue weighted by Crippen LogP contribution is -2.35. The molecule has 3 rings (SSSR count). The number of carbonyl (C=O) groups excluding carboxylic acids is 2. The Balaban J connectivity index is 1.59. The lowest BCUT2D eigenvalue weighted by atomic mass is 10.1. The van der Waals surface area contributed by atoms with Gasteiger partial charge in [-0.3, -0.25) is 14.5 Å². The van der Waals surface area contributed by atoms with Crippen LogP contribution >= 0.6 is 0 Å². The largest absolute Gasteiger partial charge is 0.416 e. The van der Waals surface area contributed by atoms with Crippen LogP contribution in [0.15, 0.2) is 48.5 Å². The number of amides is 2. The van der Waals surface area contributed by atoms with Crippen molar-refractivity contribution in [1.29, 1.82) is 0 Å². The summed E-state index contributed by atoms with van der Waals surface area (Å²) in [5, 5.41) is 2.76. The van der Waals surface area contributed by atoms with Gasteiger partial charge in [-0.2, -0.15) is 13.2 Å². The molecule has 0 unspecified atom stereocenters. The smallest absolute Gasteiger partial charge is 0.337 e. The molecule has 0 atom stereocenters. The van der Waals surface area contributed by atoms with Crippen molar-refractivity contribution >= 4 is 17.5 Å². The molecule has 1 fully saturated rings. The summed E-state index contributed by atoms with van der Waals surface area (Å²) in [7, 11) is 0. The molecule has 2 aromatic carbocycles. The molecule has 1 heterocycles. The Morgan fingerprint density at radius 3 is 2.42 bits per heavy atom. The summed E-state index contributed by atoms with van der Waals surface area (Å²) in [4.78, 5) is 28.5. The SMILES string of the molecule is CCC(=O)Nc1cccc(C(=O)N2CCCN(Cc3ccc(C(F)(F)F)cc3)CC2)c1. The fourth-order valence-corrected chi connectivity index (χ4v) is 3.55. The maximum Gasteiger partial charge on any atom is 0.416 e. The van der Waals surface area contributed by atoms with Crippen molar-refractivity contribution in [2.24, 2.45) is 0 Å². The number of nitrogens with zero attached hydrogens (tertiary/aromatic N) is 2. The van der Waals surface area contributed by atoms with Crippen LogP contribution in [0.2, 0.25) is 0 Å². The van der Waals surface area contributed by atoms with Gasteiger partial charge in [-0.15, -0.1) is 0 Å². The average Bonchev–Trinajstić information content (AvgIpc) is 2.98. The molecule has 1 aliphatic heterocycles. The quantitative estimate of drug-likeness (QED) is 0.761. The van der Waals surface area contributed by atoms with E-state index in [-0.39, 0.29) is 11.8 Å². The molecule has 0 saturated carbocycles. The summed E-state index contributed by atoms with van der Waals surface area (Å²) in [5.74, 6) is -0.206. The van der Waals surface area contributed by atoms with Gasteiger partial charge in [-0.25, -0.2) is 0 Å². The number of benzene rings is 2. The Hall–Kier alpha value is -2.87. The maximum atomic E-state index is 12.9. The number of rotatable bonds is 5. The molecule has 1 N–H and O–H groups in total. The van der Waals surface area contributed by atoms with Crippen molar-refractivity contribution in [2.75, 3.05) is 31.5 Å². The van der Waals surface area contributed by atoms with Gasteiger partial charge in [-0.05, 0) is 42.3 Å². The van der Waals surface area contributed by atoms with Crippen LogP contribution in [0.5, 0.6) is 0 Å². The number of carbonyl (C=O) groups is 2. The van der Waals surface area contributed by atoms with Gasteiger partial charge in [0.1, 0.15) is 0 Å². The van der Waals surface area contributed by atoms with E-state index in [1.165, 1.54) is 12.1 Å². The average molecular weight is 433 g/mol. The molecule has 0 spiro atoms. The highest BCUT2D eigenvalue weighted by Gasteiger charge is 2.30. The van der Waals surface area contributed by atoms with Crippen LogP contribution in [0.25, 0.3) is 0 Å². The monoisotopic (exact) mass is 433 g/mol. The molecule has 0 radical (unpaired) electrons. The minimum atomic E-state index is -4.33. The molecule has 2 amide bonds. The van der Waals surface area contributed by atoms with Crippen LogP contribution in [-0.4, -0.2) is 47.8 Å². The van der Waals surface area contributed by atoms with Crippen molar-refractivity contribution in [2.45, 2.75) is 32.5 Å². The van der Waals surface area contributed by atoms with Crippen molar-refractivity contribution in [3.05, 3.63) is 65.2 Å². The van der Waals surface area contributed by atoms with Crippen molar-refractivity contribution in [1.82, 2.24) is 9.80 Å². The molecule has 0 bridgehead atoms. The van der Waals surface area contributed by atoms with Gasteiger partial charge in [-0.1, -0.05) is 25.1 Å². The fourth-order valence-electron chi connectivity index (χ4n) is 3.55. The zero-order valence-corrected chi connectivity index (χ0v) is 17.4. The predicted octanol–water partition coefficient (Wildman–Crippen LogP) is 4.40. The molecule has 166 valence electrons. The fraction of sp³-hybridized carbons (Fsp3) is 0.391. The van der Waals surface area contributed by atoms with Crippen molar-refractivity contribution in [3.63, 3.8) is 0 Å².